The fourth-order valence-corrected chi connectivity index (χ4v) is 6.31. The molecule has 0 fully saturated rings. The van der Waals surface area contributed by atoms with E-state index in [1.165, 1.54) is 41.7 Å². The zero-order chi connectivity index (χ0) is 31.5. The van der Waals surface area contributed by atoms with E-state index in [9.17, 15) is 26.5 Å². The van der Waals surface area contributed by atoms with Crippen LogP contribution in [0, 0.1) is 6.92 Å². The van der Waals surface area contributed by atoms with Gasteiger partial charge in [-0.2, -0.15) is 23.0 Å². The first-order valence-corrected chi connectivity index (χ1v) is 15.8. The number of hydrogen-bond acceptors (Lipinski definition) is 11. The lowest BCUT2D eigenvalue weighted by Crippen LogP contribution is -2.30. The SMILES string of the molecule is CCN(CC)S(=O)(=O)c1ccc(N=Nc2cc(OC)c(N=Nc3ccc4cc(S(=O)(=O)O)cc(N)c4c3O)cc2C)cc1. The smallest absolute Gasteiger partial charge is 0.294 e. The lowest BCUT2D eigenvalue weighted by molar-refractivity contribution is 0.416. The second-order valence-corrected chi connectivity index (χ2v) is 12.7. The number of aromatic hydroxyl groups is 1. The van der Waals surface area contributed by atoms with Gasteiger partial charge < -0.3 is 15.6 Å². The van der Waals surface area contributed by atoms with Gasteiger partial charge in [0.15, 0.2) is 5.75 Å². The summed E-state index contributed by atoms with van der Waals surface area (Å²) in [4.78, 5) is -0.227. The van der Waals surface area contributed by atoms with E-state index >= 15 is 0 Å². The van der Waals surface area contributed by atoms with E-state index in [1.807, 2.05) is 0 Å². The second kappa shape index (κ2) is 12.4. The van der Waals surface area contributed by atoms with Gasteiger partial charge >= 0.3 is 0 Å². The molecule has 4 N–H and O–H groups in total. The summed E-state index contributed by atoms with van der Waals surface area (Å²) in [6.45, 7) is 6.09. The Balaban J connectivity index is 1.60. The summed E-state index contributed by atoms with van der Waals surface area (Å²) in [5.41, 5.74) is 7.90. The Morgan fingerprint density at radius 2 is 1.44 bits per heavy atom. The predicted molar refractivity (Wildman–Crippen MR) is 162 cm³/mol. The molecule has 15 heteroatoms. The van der Waals surface area contributed by atoms with Crippen molar-refractivity contribution in [2.24, 2.45) is 20.5 Å². The molecule has 4 aromatic carbocycles. The molecule has 0 amide bonds. The molecule has 0 saturated carbocycles. The Morgan fingerprint density at radius 3 is 2.05 bits per heavy atom. The van der Waals surface area contributed by atoms with E-state index < -0.39 is 25.0 Å². The highest BCUT2D eigenvalue weighted by Gasteiger charge is 2.21. The standard InChI is InChI=1S/C28H30N6O7S2/c1-5-34(6-2)42(36,37)20-10-8-19(9-11-20)30-32-24-16-26(41-4)25(13-17(24)3)33-31-23-12-7-18-14-21(43(38,39)40)15-22(29)27(18)28(23)35/h7-16,35H,5-6,29H2,1-4H3,(H,38,39,40). The first-order chi connectivity index (χ1) is 20.3. The van der Waals surface area contributed by atoms with Crippen molar-refractivity contribution in [2.45, 2.75) is 30.6 Å². The Labute approximate surface area is 249 Å². The van der Waals surface area contributed by atoms with Gasteiger partial charge in [-0.1, -0.05) is 19.9 Å². The van der Waals surface area contributed by atoms with Crippen molar-refractivity contribution in [3.05, 3.63) is 66.2 Å². The van der Waals surface area contributed by atoms with Gasteiger partial charge in [0, 0.05) is 30.2 Å². The number of aryl methyl sites for hydroxylation is 1. The lowest BCUT2D eigenvalue weighted by Gasteiger charge is -2.18. The zero-order valence-corrected chi connectivity index (χ0v) is 25.4. The Kier molecular flexibility index (Phi) is 9.10. The van der Waals surface area contributed by atoms with Gasteiger partial charge in [0.25, 0.3) is 10.1 Å². The van der Waals surface area contributed by atoms with Crippen LogP contribution in [0.25, 0.3) is 10.8 Å². The van der Waals surface area contributed by atoms with E-state index in [1.54, 1.807) is 45.0 Å². The van der Waals surface area contributed by atoms with E-state index in [0.717, 1.165) is 6.07 Å². The summed E-state index contributed by atoms with van der Waals surface area (Å²) in [6.07, 6.45) is 0. The number of ether oxygens (including phenoxy) is 1. The highest BCUT2D eigenvalue weighted by Crippen LogP contribution is 2.41. The van der Waals surface area contributed by atoms with Crippen molar-refractivity contribution in [3.63, 3.8) is 0 Å². The van der Waals surface area contributed by atoms with Crippen LogP contribution < -0.4 is 10.5 Å². The topological polar surface area (TPSA) is 197 Å². The molecule has 0 saturated heterocycles. The van der Waals surface area contributed by atoms with Crippen LogP contribution in [-0.2, 0) is 20.1 Å². The number of nitrogens with two attached hydrogens (primary N) is 1. The number of phenolic OH excluding ortho intramolecular Hbond substituents is 1. The minimum atomic E-state index is -4.49. The van der Waals surface area contributed by atoms with Crippen molar-refractivity contribution in [2.75, 3.05) is 25.9 Å². The van der Waals surface area contributed by atoms with Gasteiger partial charge in [-0.25, -0.2) is 8.42 Å². The Hall–Kier alpha value is -4.44. The molecule has 13 nitrogen and oxygen atoms in total. The molecule has 0 spiro atoms. The third kappa shape index (κ3) is 6.64. The van der Waals surface area contributed by atoms with Crippen LogP contribution in [0.4, 0.5) is 28.4 Å². The normalized spacial score (nSPS) is 12.6. The number of anilines is 1. The quantitative estimate of drug-likeness (QED) is 0.0999. The first kappa shape index (κ1) is 31.5. The molecule has 0 aliphatic heterocycles. The average Bonchev–Trinajstić information content (AvgIpc) is 2.96. The molecule has 0 radical (unpaired) electrons. The van der Waals surface area contributed by atoms with E-state index in [0.29, 0.717) is 41.5 Å². The number of phenols is 1. The van der Waals surface area contributed by atoms with E-state index in [2.05, 4.69) is 20.5 Å². The van der Waals surface area contributed by atoms with Gasteiger partial charge in [0.2, 0.25) is 10.0 Å². The molecule has 43 heavy (non-hydrogen) atoms. The van der Waals surface area contributed by atoms with Crippen LogP contribution in [0.1, 0.15) is 19.4 Å². The molecule has 0 atom stereocenters. The summed E-state index contributed by atoms with van der Waals surface area (Å²) in [5, 5.41) is 28.1. The third-order valence-electron chi connectivity index (χ3n) is 6.59. The number of fused-ring (bicyclic) bond motifs is 1. The van der Waals surface area contributed by atoms with Crippen LogP contribution in [0.3, 0.4) is 0 Å². The fourth-order valence-electron chi connectivity index (χ4n) is 4.30. The number of nitrogen functional groups attached to an aromatic ring is 1. The average molecular weight is 627 g/mol. The summed E-state index contributed by atoms with van der Waals surface area (Å²) in [6, 6.07) is 14.5. The predicted octanol–water partition coefficient (Wildman–Crippen LogP) is 6.55. The number of hydrogen-bond donors (Lipinski definition) is 3. The van der Waals surface area contributed by atoms with Crippen molar-refractivity contribution >= 4 is 59.4 Å². The molecule has 0 bridgehead atoms. The van der Waals surface area contributed by atoms with Crippen molar-refractivity contribution in [1.82, 2.24) is 4.31 Å². The van der Waals surface area contributed by atoms with Crippen molar-refractivity contribution in [1.29, 1.82) is 0 Å². The number of rotatable bonds is 10. The highest BCUT2D eigenvalue weighted by molar-refractivity contribution is 7.89. The Morgan fingerprint density at radius 1 is 0.814 bits per heavy atom. The molecular weight excluding hydrogens is 596 g/mol. The number of benzene rings is 4. The van der Waals surface area contributed by atoms with Crippen molar-refractivity contribution in [3.8, 4) is 11.5 Å². The summed E-state index contributed by atoms with van der Waals surface area (Å²) in [5.74, 6) is -0.000729. The van der Waals surface area contributed by atoms with Gasteiger partial charge in [-0.3, -0.25) is 4.55 Å². The number of azo groups is 2. The molecule has 0 aromatic heterocycles. The number of sulfonamides is 1. The molecular formula is C28H30N6O7S2. The monoisotopic (exact) mass is 626 g/mol. The van der Waals surface area contributed by atoms with E-state index in [-0.39, 0.29) is 32.8 Å². The molecule has 0 unspecified atom stereocenters. The molecule has 0 aliphatic rings. The molecule has 4 rings (SSSR count). The second-order valence-electron chi connectivity index (χ2n) is 9.31. The van der Waals surface area contributed by atoms with Crippen LogP contribution in [0.5, 0.6) is 11.5 Å². The maximum atomic E-state index is 12.7. The minimum Gasteiger partial charge on any atom is -0.505 e. The minimum absolute atomic E-state index is 0.0636. The van der Waals surface area contributed by atoms with Crippen LogP contribution >= 0.6 is 0 Å². The van der Waals surface area contributed by atoms with Gasteiger partial charge in [-0.15, -0.1) is 10.2 Å². The number of nitrogens with zero attached hydrogens (tertiary/aromatic N) is 5. The van der Waals surface area contributed by atoms with E-state index in [4.69, 9.17) is 10.5 Å². The zero-order valence-electron chi connectivity index (χ0n) is 23.8. The summed E-state index contributed by atoms with van der Waals surface area (Å²) < 4.78 is 64.6. The van der Waals surface area contributed by atoms with Gasteiger partial charge in [-0.05, 0) is 66.4 Å². The molecule has 0 aliphatic carbocycles. The van der Waals surface area contributed by atoms with Gasteiger partial charge in [0.1, 0.15) is 17.1 Å². The maximum Gasteiger partial charge on any atom is 0.294 e. The highest BCUT2D eigenvalue weighted by atomic mass is 32.2. The largest absolute Gasteiger partial charge is 0.505 e. The fraction of sp³-hybridized carbons (Fsp3) is 0.214. The Bertz CT molecular complexity index is 1960. The maximum absolute atomic E-state index is 12.7. The van der Waals surface area contributed by atoms with Gasteiger partial charge in [0.05, 0.1) is 28.3 Å². The first-order valence-electron chi connectivity index (χ1n) is 12.9. The molecule has 226 valence electrons. The van der Waals surface area contributed by atoms with Crippen LogP contribution in [0.15, 0.2) is 90.9 Å². The summed E-state index contributed by atoms with van der Waals surface area (Å²) >= 11 is 0. The summed E-state index contributed by atoms with van der Waals surface area (Å²) in [7, 11) is -6.63. The van der Waals surface area contributed by atoms with Crippen LogP contribution in [-0.4, -0.2) is 51.0 Å². The lowest BCUT2D eigenvalue weighted by atomic mass is 10.1. The third-order valence-corrected chi connectivity index (χ3v) is 9.48. The molecule has 4 aromatic rings. The molecule has 0 heterocycles. The number of methoxy groups -OCH3 is 1. The van der Waals surface area contributed by atoms with Crippen molar-refractivity contribution < 1.29 is 31.2 Å². The van der Waals surface area contributed by atoms with Crippen LogP contribution in [0.2, 0.25) is 0 Å².